The third-order valence-corrected chi connectivity index (χ3v) is 5.77. The highest BCUT2D eigenvalue weighted by Crippen LogP contribution is 2.26. The molecule has 126 valence electrons. The van der Waals surface area contributed by atoms with Gasteiger partial charge in [0.1, 0.15) is 6.23 Å². The van der Waals surface area contributed by atoms with Gasteiger partial charge in [0.15, 0.2) is 0 Å². The van der Waals surface area contributed by atoms with Crippen molar-refractivity contribution in [2.45, 2.75) is 44.8 Å². The lowest BCUT2D eigenvalue weighted by Gasteiger charge is -2.40. The molecule has 1 aliphatic carbocycles. The molecule has 2 aliphatic rings. The van der Waals surface area contributed by atoms with E-state index in [9.17, 15) is 14.7 Å². The second-order valence-corrected chi connectivity index (χ2v) is 7.48. The van der Waals surface area contributed by atoms with Crippen LogP contribution in [0.1, 0.15) is 37.0 Å². The summed E-state index contributed by atoms with van der Waals surface area (Å²) in [5.74, 6) is -0.0547. The Morgan fingerprint density at radius 3 is 2.74 bits per heavy atom. The molecule has 0 radical (unpaired) electrons. The van der Waals surface area contributed by atoms with Crippen molar-refractivity contribution >= 4 is 23.2 Å². The van der Waals surface area contributed by atoms with E-state index in [2.05, 4.69) is 0 Å². The fourth-order valence-electron chi connectivity index (χ4n) is 3.52. The van der Waals surface area contributed by atoms with Crippen LogP contribution in [0.3, 0.4) is 0 Å². The topological polar surface area (TPSA) is 60.9 Å². The third kappa shape index (κ3) is 3.93. The normalized spacial score (nSPS) is 23.3. The third-order valence-electron chi connectivity index (χ3n) is 4.84. The van der Waals surface area contributed by atoms with E-state index in [0.717, 1.165) is 32.1 Å². The van der Waals surface area contributed by atoms with Gasteiger partial charge >= 0.3 is 0 Å². The molecular formula is C17H24N2O3S. The molecule has 2 fully saturated rings. The monoisotopic (exact) mass is 336 g/mol. The van der Waals surface area contributed by atoms with Crippen LogP contribution < -0.4 is 0 Å². The molecule has 0 aromatic carbocycles. The van der Waals surface area contributed by atoms with E-state index in [1.807, 2.05) is 17.5 Å². The molecule has 1 aliphatic heterocycles. The number of piperazine rings is 1. The molecule has 0 spiro atoms. The minimum atomic E-state index is -0.885. The Kier molecular flexibility index (Phi) is 5.33. The van der Waals surface area contributed by atoms with Gasteiger partial charge in [0.2, 0.25) is 11.8 Å². The molecule has 6 heteroatoms. The number of aliphatic hydroxyl groups is 1. The van der Waals surface area contributed by atoms with E-state index in [-0.39, 0.29) is 30.8 Å². The smallest absolute Gasteiger partial charge is 0.244 e. The highest BCUT2D eigenvalue weighted by molar-refractivity contribution is 7.09. The minimum Gasteiger partial charge on any atom is -0.372 e. The molecule has 3 rings (SSSR count). The van der Waals surface area contributed by atoms with Gasteiger partial charge in [-0.15, -0.1) is 11.3 Å². The van der Waals surface area contributed by atoms with E-state index in [1.165, 1.54) is 16.2 Å². The van der Waals surface area contributed by atoms with Crippen molar-refractivity contribution < 1.29 is 14.7 Å². The second kappa shape index (κ2) is 7.45. The van der Waals surface area contributed by atoms with Crippen molar-refractivity contribution in [3.63, 3.8) is 0 Å². The van der Waals surface area contributed by atoms with Crippen LogP contribution in [0, 0.1) is 5.92 Å². The SMILES string of the molecule is O=C(C1CCCCC1)N1CC(=O)N(CCc2cccs2)C(O)C1. The van der Waals surface area contributed by atoms with Crippen molar-refractivity contribution in [2.75, 3.05) is 19.6 Å². The van der Waals surface area contributed by atoms with Gasteiger partial charge in [-0.25, -0.2) is 0 Å². The predicted molar refractivity (Wildman–Crippen MR) is 88.9 cm³/mol. The lowest BCUT2D eigenvalue weighted by Crippen LogP contribution is -2.59. The molecule has 1 atom stereocenters. The Bertz CT molecular complexity index is 540. The van der Waals surface area contributed by atoms with Crippen molar-refractivity contribution in [3.8, 4) is 0 Å². The minimum absolute atomic E-state index is 0.0430. The summed E-state index contributed by atoms with van der Waals surface area (Å²) < 4.78 is 0. The van der Waals surface area contributed by atoms with Crippen LogP contribution in [0.2, 0.25) is 0 Å². The average molecular weight is 336 g/mol. The van der Waals surface area contributed by atoms with Gasteiger partial charge in [-0.3, -0.25) is 9.59 Å². The number of thiophene rings is 1. The largest absolute Gasteiger partial charge is 0.372 e. The fourth-order valence-corrected chi connectivity index (χ4v) is 4.21. The maximum atomic E-state index is 12.5. The first-order valence-electron chi connectivity index (χ1n) is 8.44. The van der Waals surface area contributed by atoms with Crippen molar-refractivity contribution in [1.29, 1.82) is 0 Å². The van der Waals surface area contributed by atoms with Crippen molar-refractivity contribution in [2.24, 2.45) is 5.92 Å². The van der Waals surface area contributed by atoms with E-state index in [1.54, 1.807) is 16.2 Å². The summed E-state index contributed by atoms with van der Waals surface area (Å²) in [6.45, 7) is 0.855. The number of carbonyl (C=O) groups excluding carboxylic acids is 2. The molecule has 23 heavy (non-hydrogen) atoms. The van der Waals surface area contributed by atoms with Crippen molar-refractivity contribution in [3.05, 3.63) is 22.4 Å². The van der Waals surface area contributed by atoms with Gasteiger partial charge in [0.25, 0.3) is 0 Å². The first kappa shape index (κ1) is 16.5. The Hall–Kier alpha value is -1.40. The first-order valence-corrected chi connectivity index (χ1v) is 9.32. The Morgan fingerprint density at radius 1 is 1.30 bits per heavy atom. The van der Waals surface area contributed by atoms with Gasteiger partial charge < -0.3 is 14.9 Å². The van der Waals surface area contributed by atoms with Crippen LogP contribution in [0.25, 0.3) is 0 Å². The predicted octanol–water partition coefficient (Wildman–Crippen LogP) is 1.86. The Balaban J connectivity index is 1.55. The van der Waals surface area contributed by atoms with Crippen molar-refractivity contribution in [1.82, 2.24) is 9.80 Å². The molecule has 1 N–H and O–H groups in total. The Labute approximate surface area is 140 Å². The zero-order chi connectivity index (χ0) is 16.2. The molecule has 2 amide bonds. The summed E-state index contributed by atoms with van der Waals surface area (Å²) in [5, 5.41) is 12.3. The number of aliphatic hydroxyl groups excluding tert-OH is 1. The van der Waals surface area contributed by atoms with E-state index in [4.69, 9.17) is 0 Å². The number of hydrogen-bond donors (Lipinski definition) is 1. The standard InChI is InChI=1S/C17H24N2O3S/c20-15-11-18(17(22)13-5-2-1-3-6-13)12-16(21)19(15)9-8-14-7-4-10-23-14/h4,7,10,13,15,20H,1-3,5-6,8-9,11-12H2. The molecule has 5 nitrogen and oxygen atoms in total. The van der Waals surface area contributed by atoms with Crippen LogP contribution >= 0.6 is 11.3 Å². The summed E-state index contributed by atoms with van der Waals surface area (Å²) >= 11 is 1.65. The summed E-state index contributed by atoms with van der Waals surface area (Å²) in [5.41, 5.74) is 0. The lowest BCUT2D eigenvalue weighted by molar-refractivity contribution is -0.161. The van der Waals surface area contributed by atoms with Crippen LogP contribution in [0.5, 0.6) is 0 Å². The highest BCUT2D eigenvalue weighted by atomic mass is 32.1. The van der Waals surface area contributed by atoms with E-state index in [0.29, 0.717) is 6.54 Å². The van der Waals surface area contributed by atoms with Gasteiger partial charge in [0.05, 0.1) is 13.1 Å². The quantitative estimate of drug-likeness (QED) is 0.913. The molecule has 0 bridgehead atoms. The van der Waals surface area contributed by atoms with Crippen LogP contribution in [0.4, 0.5) is 0 Å². The number of hydrogen-bond acceptors (Lipinski definition) is 4. The Morgan fingerprint density at radius 2 is 2.09 bits per heavy atom. The van der Waals surface area contributed by atoms with E-state index < -0.39 is 6.23 Å². The van der Waals surface area contributed by atoms with E-state index >= 15 is 0 Å². The number of β-amino-alcohol motifs (C(OH)–C–C–N with tert-alkyl or cyclic N) is 1. The molecule has 2 heterocycles. The summed E-state index contributed by atoms with van der Waals surface area (Å²) in [6.07, 6.45) is 5.08. The summed E-state index contributed by atoms with van der Waals surface area (Å²) in [4.78, 5) is 29.1. The average Bonchev–Trinajstić information content (AvgIpc) is 3.07. The number of amides is 2. The number of carbonyl (C=O) groups is 2. The van der Waals surface area contributed by atoms with Crippen LogP contribution in [0.15, 0.2) is 17.5 Å². The first-order chi connectivity index (χ1) is 11.1. The molecule has 1 saturated heterocycles. The second-order valence-electron chi connectivity index (χ2n) is 6.45. The van der Waals surface area contributed by atoms with Gasteiger partial charge in [-0.2, -0.15) is 0 Å². The maximum absolute atomic E-state index is 12.5. The highest BCUT2D eigenvalue weighted by Gasteiger charge is 2.36. The molecule has 1 unspecified atom stereocenters. The van der Waals surface area contributed by atoms with Crippen LogP contribution in [-0.2, 0) is 16.0 Å². The van der Waals surface area contributed by atoms with Crippen LogP contribution in [-0.4, -0.2) is 52.6 Å². The maximum Gasteiger partial charge on any atom is 0.244 e. The fraction of sp³-hybridized carbons (Fsp3) is 0.647. The molecule has 1 aromatic rings. The molecule has 1 aromatic heterocycles. The van der Waals surface area contributed by atoms with Gasteiger partial charge in [-0.05, 0) is 30.7 Å². The molecular weight excluding hydrogens is 312 g/mol. The summed E-state index contributed by atoms with van der Waals surface area (Å²) in [6, 6.07) is 4.02. The zero-order valence-corrected chi connectivity index (χ0v) is 14.1. The molecule has 1 saturated carbocycles. The number of nitrogens with zero attached hydrogens (tertiary/aromatic N) is 2. The zero-order valence-electron chi connectivity index (χ0n) is 13.3. The lowest BCUT2D eigenvalue weighted by atomic mass is 9.88. The van der Waals surface area contributed by atoms with Gasteiger partial charge in [0, 0.05) is 17.3 Å². The summed E-state index contributed by atoms with van der Waals surface area (Å²) in [7, 11) is 0. The number of rotatable bonds is 4. The van der Waals surface area contributed by atoms with Gasteiger partial charge in [-0.1, -0.05) is 25.3 Å².